The van der Waals surface area contributed by atoms with Gasteiger partial charge in [-0.15, -0.1) is 0 Å². The monoisotopic (exact) mass is 366 g/mol. The van der Waals surface area contributed by atoms with Crippen LogP contribution in [0, 0.1) is 11.8 Å². The Labute approximate surface area is 162 Å². The van der Waals surface area contributed by atoms with E-state index in [1.165, 1.54) is 0 Å². The van der Waals surface area contributed by atoms with E-state index in [1.54, 1.807) is 0 Å². The van der Waals surface area contributed by atoms with Gasteiger partial charge in [-0.1, -0.05) is 74.5 Å². The second-order valence-corrected chi connectivity index (χ2v) is 7.46. The molecule has 0 radical (unpaired) electrons. The molecule has 0 fully saturated rings. The molecule has 0 saturated carbocycles. The van der Waals surface area contributed by atoms with E-state index in [9.17, 15) is 9.59 Å². The van der Waals surface area contributed by atoms with Crippen molar-refractivity contribution in [2.45, 2.75) is 46.2 Å². The molecule has 144 valence electrons. The second-order valence-electron chi connectivity index (χ2n) is 7.46. The third-order valence-corrected chi connectivity index (χ3v) is 4.66. The van der Waals surface area contributed by atoms with Crippen LogP contribution < -0.4 is 10.6 Å². The zero-order chi connectivity index (χ0) is 19.8. The summed E-state index contributed by atoms with van der Waals surface area (Å²) in [6.45, 7) is 7.91. The molecule has 0 heterocycles. The summed E-state index contributed by atoms with van der Waals surface area (Å²) in [5.74, 6) is -0.913. The number of hydrogen-bond acceptors (Lipinski definition) is 2. The van der Waals surface area contributed by atoms with Gasteiger partial charge in [-0.2, -0.15) is 0 Å². The van der Waals surface area contributed by atoms with Gasteiger partial charge in [0.1, 0.15) is 5.92 Å². The van der Waals surface area contributed by atoms with Gasteiger partial charge in [-0.25, -0.2) is 0 Å². The van der Waals surface area contributed by atoms with Crippen molar-refractivity contribution in [3.63, 3.8) is 0 Å². The van der Waals surface area contributed by atoms with E-state index in [4.69, 9.17) is 0 Å². The van der Waals surface area contributed by atoms with E-state index in [2.05, 4.69) is 10.6 Å². The Kier molecular flexibility index (Phi) is 7.59. The van der Waals surface area contributed by atoms with Crippen LogP contribution in [0.5, 0.6) is 0 Å². The van der Waals surface area contributed by atoms with Gasteiger partial charge in [0.2, 0.25) is 11.8 Å². The molecule has 4 nitrogen and oxygen atoms in total. The van der Waals surface area contributed by atoms with Gasteiger partial charge in [-0.05, 0) is 37.3 Å². The minimum absolute atomic E-state index is 0.146. The van der Waals surface area contributed by atoms with Crippen molar-refractivity contribution in [1.29, 1.82) is 0 Å². The van der Waals surface area contributed by atoms with Gasteiger partial charge >= 0.3 is 0 Å². The van der Waals surface area contributed by atoms with Crippen molar-refractivity contribution in [3.8, 4) is 0 Å². The van der Waals surface area contributed by atoms with Gasteiger partial charge in [0.15, 0.2) is 0 Å². The summed E-state index contributed by atoms with van der Waals surface area (Å²) in [6, 6.07) is 19.3. The normalized spacial score (nSPS) is 13.3. The lowest BCUT2D eigenvalue weighted by Gasteiger charge is -2.23. The average molecular weight is 367 g/mol. The van der Waals surface area contributed by atoms with Crippen LogP contribution in [0.25, 0.3) is 0 Å². The van der Waals surface area contributed by atoms with Crippen molar-refractivity contribution < 1.29 is 9.59 Å². The van der Waals surface area contributed by atoms with Crippen LogP contribution in [0.15, 0.2) is 60.7 Å². The molecule has 2 aromatic rings. The van der Waals surface area contributed by atoms with Crippen molar-refractivity contribution in [2.75, 3.05) is 0 Å². The van der Waals surface area contributed by atoms with Crippen LogP contribution in [-0.2, 0) is 9.59 Å². The number of carbonyl (C=O) groups excluding carboxylic acids is 2. The van der Waals surface area contributed by atoms with E-state index in [-0.39, 0.29) is 29.8 Å². The highest BCUT2D eigenvalue weighted by Crippen LogP contribution is 2.18. The average Bonchev–Trinajstić information content (AvgIpc) is 2.67. The summed E-state index contributed by atoms with van der Waals surface area (Å²) < 4.78 is 0. The zero-order valence-electron chi connectivity index (χ0n) is 16.6. The van der Waals surface area contributed by atoms with Crippen molar-refractivity contribution in [3.05, 3.63) is 71.8 Å². The fourth-order valence-electron chi connectivity index (χ4n) is 3.08. The molecule has 0 aliphatic rings. The van der Waals surface area contributed by atoms with E-state index in [0.29, 0.717) is 6.42 Å². The van der Waals surface area contributed by atoms with Crippen LogP contribution in [0.3, 0.4) is 0 Å². The fourth-order valence-corrected chi connectivity index (χ4v) is 3.08. The largest absolute Gasteiger partial charge is 0.349 e. The maximum Gasteiger partial charge on any atom is 0.233 e. The highest BCUT2D eigenvalue weighted by molar-refractivity contribution is 6.00. The number of nitrogens with one attached hydrogen (secondary N) is 2. The molecule has 0 saturated heterocycles. The summed E-state index contributed by atoms with van der Waals surface area (Å²) in [5.41, 5.74) is 2.04. The predicted octanol–water partition coefficient (Wildman–Crippen LogP) is 4.40. The van der Waals surface area contributed by atoms with Gasteiger partial charge in [-0.3, -0.25) is 9.59 Å². The SMILES string of the molecule is CC(C)CC(C(=O)N[C@@H](C)c1ccccc1)C(=O)N[C@@H](C)c1ccccc1. The molecule has 0 bridgehead atoms. The second kappa shape index (κ2) is 9.91. The van der Waals surface area contributed by atoms with E-state index < -0.39 is 5.92 Å². The molecule has 2 amide bonds. The van der Waals surface area contributed by atoms with Crippen LogP contribution >= 0.6 is 0 Å². The summed E-state index contributed by atoms with van der Waals surface area (Å²) in [7, 11) is 0. The van der Waals surface area contributed by atoms with Crippen LogP contribution in [0.1, 0.15) is 57.3 Å². The Balaban J connectivity index is 2.06. The Morgan fingerprint density at radius 3 is 1.41 bits per heavy atom. The van der Waals surface area contributed by atoms with Crippen molar-refractivity contribution in [2.24, 2.45) is 11.8 Å². The number of amides is 2. The number of rotatable bonds is 8. The maximum atomic E-state index is 12.8. The standard InChI is InChI=1S/C23H30N2O2/c1-16(2)15-21(22(26)24-17(3)19-11-7-5-8-12-19)23(27)25-18(4)20-13-9-6-10-14-20/h5-14,16-18,21H,15H2,1-4H3,(H,24,26)(H,25,27)/t17-,18-/m0/s1. The maximum absolute atomic E-state index is 12.8. The summed E-state index contributed by atoms with van der Waals surface area (Å²) in [6.07, 6.45) is 0.515. The van der Waals surface area contributed by atoms with Gasteiger partial charge < -0.3 is 10.6 Å². The first-order valence-electron chi connectivity index (χ1n) is 9.59. The smallest absolute Gasteiger partial charge is 0.233 e. The van der Waals surface area contributed by atoms with Crippen molar-refractivity contribution in [1.82, 2.24) is 10.6 Å². The van der Waals surface area contributed by atoms with Crippen molar-refractivity contribution >= 4 is 11.8 Å². The summed E-state index contributed by atoms with van der Waals surface area (Å²) in [5, 5.41) is 5.99. The third kappa shape index (κ3) is 6.24. The molecule has 0 aromatic heterocycles. The molecular weight excluding hydrogens is 336 g/mol. The first-order valence-corrected chi connectivity index (χ1v) is 9.59. The van der Waals surface area contributed by atoms with E-state index in [1.807, 2.05) is 88.4 Å². The predicted molar refractivity (Wildman–Crippen MR) is 109 cm³/mol. The molecule has 0 spiro atoms. The molecule has 0 aliphatic carbocycles. The Morgan fingerprint density at radius 1 is 0.704 bits per heavy atom. The topological polar surface area (TPSA) is 58.2 Å². The summed E-state index contributed by atoms with van der Waals surface area (Å²) >= 11 is 0. The molecule has 2 atom stereocenters. The minimum Gasteiger partial charge on any atom is -0.349 e. The minimum atomic E-state index is -0.706. The third-order valence-electron chi connectivity index (χ3n) is 4.66. The molecule has 2 rings (SSSR count). The molecule has 4 heteroatoms. The van der Waals surface area contributed by atoms with E-state index >= 15 is 0 Å². The summed E-state index contributed by atoms with van der Waals surface area (Å²) in [4.78, 5) is 25.7. The molecule has 27 heavy (non-hydrogen) atoms. The fraction of sp³-hybridized carbons (Fsp3) is 0.391. The molecule has 2 N–H and O–H groups in total. The number of benzene rings is 2. The highest BCUT2D eigenvalue weighted by Gasteiger charge is 2.29. The van der Waals surface area contributed by atoms with Crippen LogP contribution in [0.4, 0.5) is 0 Å². The van der Waals surface area contributed by atoms with Crippen LogP contribution in [0.2, 0.25) is 0 Å². The molecule has 0 aliphatic heterocycles. The first kappa shape index (κ1) is 20.7. The molecule has 2 aromatic carbocycles. The Morgan fingerprint density at radius 2 is 1.07 bits per heavy atom. The molecule has 0 unspecified atom stereocenters. The lowest BCUT2D eigenvalue weighted by Crippen LogP contribution is -2.43. The molecular formula is C23H30N2O2. The lowest BCUT2D eigenvalue weighted by atomic mass is 9.94. The lowest BCUT2D eigenvalue weighted by molar-refractivity contribution is -0.136. The number of carbonyl (C=O) groups is 2. The quantitative estimate of drug-likeness (QED) is 0.680. The Hall–Kier alpha value is -2.62. The van der Waals surface area contributed by atoms with Gasteiger partial charge in [0, 0.05) is 0 Å². The van der Waals surface area contributed by atoms with Crippen LogP contribution in [-0.4, -0.2) is 11.8 Å². The zero-order valence-corrected chi connectivity index (χ0v) is 16.6. The Bertz CT molecular complexity index is 669. The first-order chi connectivity index (χ1) is 12.9. The highest BCUT2D eigenvalue weighted by atomic mass is 16.2. The van der Waals surface area contributed by atoms with Gasteiger partial charge in [0.25, 0.3) is 0 Å². The number of hydrogen-bond donors (Lipinski definition) is 2. The van der Waals surface area contributed by atoms with E-state index in [0.717, 1.165) is 11.1 Å². The van der Waals surface area contributed by atoms with Gasteiger partial charge in [0.05, 0.1) is 12.1 Å².